The van der Waals surface area contributed by atoms with Gasteiger partial charge in [0.15, 0.2) is 0 Å². The smallest absolute Gasteiger partial charge is 0.300 e. The van der Waals surface area contributed by atoms with Crippen molar-refractivity contribution in [3.05, 3.63) is 33.1 Å². The van der Waals surface area contributed by atoms with Gasteiger partial charge >= 0.3 is 0 Å². The molecule has 2 atom stereocenters. The Hall–Kier alpha value is -1.73. The Labute approximate surface area is 120 Å². The van der Waals surface area contributed by atoms with E-state index < -0.39 is 10.8 Å². The highest BCUT2D eigenvalue weighted by Crippen LogP contribution is 2.23. The number of hydrogen-bond acceptors (Lipinski definition) is 5. The van der Waals surface area contributed by atoms with E-state index in [-0.39, 0.29) is 28.6 Å². The second-order valence-electron chi connectivity index (χ2n) is 4.75. The van der Waals surface area contributed by atoms with E-state index in [2.05, 4.69) is 4.98 Å². The lowest BCUT2D eigenvalue weighted by atomic mass is 10.1. The molecule has 0 aromatic carbocycles. The van der Waals surface area contributed by atoms with Crippen molar-refractivity contribution in [2.75, 3.05) is 13.1 Å². The molecule has 1 aliphatic heterocycles. The standard InChI is InChI=1S/C12H14ClN3O4/c1-7-5-15(6-8(2)20-7)12(17)9-3-11(13)14-4-10(9)16(18)19/h3-4,7-8H,5-6H2,1-2H3. The minimum atomic E-state index is -0.635. The number of ether oxygens (including phenoxy) is 1. The summed E-state index contributed by atoms with van der Waals surface area (Å²) in [4.78, 5) is 28.0. The van der Waals surface area contributed by atoms with Crippen molar-refractivity contribution in [1.29, 1.82) is 0 Å². The molecule has 0 bridgehead atoms. The number of hydrogen-bond donors (Lipinski definition) is 0. The van der Waals surface area contributed by atoms with Crippen LogP contribution in [0.1, 0.15) is 24.2 Å². The number of aromatic nitrogens is 1. The Morgan fingerprint density at radius 2 is 2.10 bits per heavy atom. The lowest BCUT2D eigenvalue weighted by molar-refractivity contribution is -0.385. The van der Waals surface area contributed by atoms with E-state index in [9.17, 15) is 14.9 Å². The van der Waals surface area contributed by atoms with Gasteiger partial charge in [0.1, 0.15) is 16.9 Å². The van der Waals surface area contributed by atoms with Gasteiger partial charge in [-0.15, -0.1) is 0 Å². The van der Waals surface area contributed by atoms with Crippen molar-refractivity contribution in [3.8, 4) is 0 Å². The summed E-state index contributed by atoms with van der Waals surface area (Å²) >= 11 is 5.73. The van der Waals surface area contributed by atoms with Crippen LogP contribution in [-0.2, 0) is 4.74 Å². The van der Waals surface area contributed by atoms with Crippen molar-refractivity contribution in [1.82, 2.24) is 9.88 Å². The maximum atomic E-state index is 12.4. The van der Waals surface area contributed by atoms with Crippen LogP contribution >= 0.6 is 11.6 Å². The Morgan fingerprint density at radius 3 is 2.65 bits per heavy atom. The molecule has 20 heavy (non-hydrogen) atoms. The van der Waals surface area contributed by atoms with E-state index >= 15 is 0 Å². The summed E-state index contributed by atoms with van der Waals surface area (Å²) in [5, 5.41) is 11.0. The molecule has 2 rings (SSSR count). The fraction of sp³-hybridized carbons (Fsp3) is 0.500. The van der Waals surface area contributed by atoms with Crippen LogP contribution in [0.15, 0.2) is 12.3 Å². The first-order valence-electron chi connectivity index (χ1n) is 6.13. The van der Waals surface area contributed by atoms with Crippen LogP contribution in [0.25, 0.3) is 0 Å². The third kappa shape index (κ3) is 3.05. The van der Waals surface area contributed by atoms with Crippen LogP contribution in [0, 0.1) is 10.1 Å². The van der Waals surface area contributed by atoms with Gasteiger partial charge in [-0.2, -0.15) is 0 Å². The van der Waals surface area contributed by atoms with Gasteiger partial charge in [0.2, 0.25) is 0 Å². The molecule has 108 valence electrons. The van der Waals surface area contributed by atoms with Gasteiger partial charge in [-0.05, 0) is 19.9 Å². The summed E-state index contributed by atoms with van der Waals surface area (Å²) in [6.07, 6.45) is 0.779. The van der Waals surface area contributed by atoms with E-state index in [1.807, 2.05) is 13.8 Å². The Balaban J connectivity index is 2.33. The zero-order valence-electron chi connectivity index (χ0n) is 11.1. The number of carbonyl (C=O) groups is 1. The van der Waals surface area contributed by atoms with Crippen LogP contribution in [0.2, 0.25) is 5.15 Å². The molecular formula is C12H14ClN3O4. The number of pyridine rings is 1. The predicted molar refractivity (Wildman–Crippen MR) is 71.8 cm³/mol. The second-order valence-corrected chi connectivity index (χ2v) is 5.14. The molecular weight excluding hydrogens is 286 g/mol. The molecule has 0 spiro atoms. The summed E-state index contributed by atoms with van der Waals surface area (Å²) in [6.45, 7) is 4.48. The molecule has 2 heterocycles. The highest BCUT2D eigenvalue weighted by molar-refractivity contribution is 6.29. The zero-order valence-corrected chi connectivity index (χ0v) is 11.8. The highest BCUT2D eigenvalue weighted by atomic mass is 35.5. The third-order valence-corrected chi connectivity index (χ3v) is 3.19. The van der Waals surface area contributed by atoms with Gasteiger partial charge < -0.3 is 9.64 Å². The van der Waals surface area contributed by atoms with Gasteiger partial charge in [-0.3, -0.25) is 14.9 Å². The van der Waals surface area contributed by atoms with E-state index in [0.717, 1.165) is 6.20 Å². The minimum Gasteiger partial charge on any atom is -0.372 e. The van der Waals surface area contributed by atoms with Crippen molar-refractivity contribution >= 4 is 23.2 Å². The van der Waals surface area contributed by atoms with E-state index in [1.54, 1.807) is 0 Å². The van der Waals surface area contributed by atoms with Crippen molar-refractivity contribution in [2.45, 2.75) is 26.1 Å². The van der Waals surface area contributed by atoms with Gasteiger partial charge in [0.05, 0.1) is 17.1 Å². The number of halogens is 1. The van der Waals surface area contributed by atoms with Gasteiger partial charge in [0, 0.05) is 13.1 Å². The molecule has 1 amide bonds. The lowest BCUT2D eigenvalue weighted by Gasteiger charge is -2.35. The Kier molecular flexibility index (Phi) is 4.20. The molecule has 0 aliphatic carbocycles. The largest absolute Gasteiger partial charge is 0.372 e. The molecule has 2 unspecified atom stereocenters. The average molecular weight is 300 g/mol. The zero-order chi connectivity index (χ0) is 14.9. The molecule has 0 N–H and O–H groups in total. The number of rotatable bonds is 2. The molecule has 1 aromatic rings. The Morgan fingerprint density at radius 1 is 1.50 bits per heavy atom. The molecule has 1 aromatic heterocycles. The predicted octanol–water partition coefficient (Wildman–Crippen LogP) is 1.89. The van der Waals surface area contributed by atoms with Crippen LogP contribution < -0.4 is 0 Å². The SMILES string of the molecule is CC1CN(C(=O)c2cc(Cl)ncc2[N+](=O)[O-])CC(C)O1. The second kappa shape index (κ2) is 5.72. The van der Waals surface area contributed by atoms with Crippen molar-refractivity contribution in [2.24, 2.45) is 0 Å². The van der Waals surface area contributed by atoms with Crippen LogP contribution in [-0.4, -0.2) is 46.0 Å². The molecule has 1 aliphatic rings. The summed E-state index contributed by atoms with van der Waals surface area (Å²) in [5.74, 6) is -0.428. The first-order valence-corrected chi connectivity index (χ1v) is 6.51. The molecule has 1 saturated heterocycles. The Bertz CT molecular complexity index is 542. The number of nitrogens with zero attached hydrogens (tertiary/aromatic N) is 3. The number of morpholine rings is 1. The third-order valence-electron chi connectivity index (χ3n) is 2.98. The molecule has 8 heteroatoms. The fourth-order valence-electron chi connectivity index (χ4n) is 2.25. The first-order chi connectivity index (χ1) is 9.38. The molecule has 7 nitrogen and oxygen atoms in total. The quantitative estimate of drug-likeness (QED) is 0.473. The summed E-state index contributed by atoms with van der Waals surface area (Å²) in [7, 11) is 0. The number of amides is 1. The van der Waals surface area contributed by atoms with E-state index in [4.69, 9.17) is 16.3 Å². The van der Waals surface area contributed by atoms with Gasteiger partial charge in [-0.25, -0.2) is 4.98 Å². The van der Waals surface area contributed by atoms with E-state index in [0.29, 0.717) is 13.1 Å². The minimum absolute atomic E-state index is 0.0451. The van der Waals surface area contributed by atoms with Crippen molar-refractivity contribution < 1.29 is 14.5 Å². The maximum absolute atomic E-state index is 12.4. The maximum Gasteiger partial charge on any atom is 0.300 e. The topological polar surface area (TPSA) is 85.6 Å². The normalized spacial score (nSPS) is 22.6. The van der Waals surface area contributed by atoms with Crippen LogP contribution in [0.4, 0.5) is 5.69 Å². The van der Waals surface area contributed by atoms with Gasteiger partial charge in [0.25, 0.3) is 11.6 Å². The molecule has 1 fully saturated rings. The number of nitro groups is 1. The van der Waals surface area contributed by atoms with Gasteiger partial charge in [-0.1, -0.05) is 11.6 Å². The molecule has 0 radical (unpaired) electrons. The highest BCUT2D eigenvalue weighted by Gasteiger charge is 2.30. The first kappa shape index (κ1) is 14.7. The van der Waals surface area contributed by atoms with Crippen LogP contribution in [0.3, 0.4) is 0 Å². The summed E-state index contributed by atoms with van der Waals surface area (Å²) < 4.78 is 5.54. The van der Waals surface area contributed by atoms with E-state index in [1.165, 1.54) is 11.0 Å². The molecule has 0 saturated carbocycles. The average Bonchev–Trinajstić information content (AvgIpc) is 2.36. The van der Waals surface area contributed by atoms with Crippen LogP contribution in [0.5, 0.6) is 0 Å². The van der Waals surface area contributed by atoms with Crippen molar-refractivity contribution in [3.63, 3.8) is 0 Å². The summed E-state index contributed by atoms with van der Waals surface area (Å²) in [5.41, 5.74) is -0.387. The summed E-state index contributed by atoms with van der Waals surface area (Å²) in [6, 6.07) is 1.23. The lowest BCUT2D eigenvalue weighted by Crippen LogP contribution is -2.48. The monoisotopic (exact) mass is 299 g/mol. The fourth-order valence-corrected chi connectivity index (χ4v) is 2.41. The number of carbonyl (C=O) groups excluding carboxylic acids is 1.